The molecule has 0 aromatic rings. The highest BCUT2D eigenvalue weighted by Crippen LogP contribution is 2.29. The van der Waals surface area contributed by atoms with Gasteiger partial charge < -0.3 is 14.6 Å². The number of hydrogen-bond donors (Lipinski definition) is 1. The topological polar surface area (TPSA) is 59.0 Å². The van der Waals surface area contributed by atoms with Crippen LogP contribution in [0.4, 0.5) is 0 Å². The van der Waals surface area contributed by atoms with Crippen molar-refractivity contribution in [3.63, 3.8) is 0 Å². The summed E-state index contributed by atoms with van der Waals surface area (Å²) in [5.41, 5.74) is 0. The fraction of sp³-hybridized carbons (Fsp3) is 0.909. The summed E-state index contributed by atoms with van der Waals surface area (Å²) in [5.74, 6) is -1.11. The lowest BCUT2D eigenvalue weighted by molar-refractivity contribution is -0.189. The number of likely N-dealkylation sites (tertiary alicyclic amines) is 1. The SMILES string of the molecule is O=C(O)CCCN1CCCC2(C1)OCCO2. The quantitative estimate of drug-likeness (QED) is 0.768. The Morgan fingerprint density at radius 2 is 2.12 bits per heavy atom. The highest BCUT2D eigenvalue weighted by atomic mass is 16.7. The predicted octanol–water partition coefficient (Wildman–Crippen LogP) is 0.690. The fourth-order valence-electron chi connectivity index (χ4n) is 2.45. The van der Waals surface area contributed by atoms with E-state index in [1.165, 1.54) is 0 Å². The van der Waals surface area contributed by atoms with Crippen LogP contribution in [0, 0.1) is 0 Å². The van der Waals surface area contributed by atoms with Crippen LogP contribution in [-0.4, -0.2) is 54.6 Å². The van der Waals surface area contributed by atoms with Crippen LogP contribution in [0.1, 0.15) is 25.7 Å². The van der Waals surface area contributed by atoms with Gasteiger partial charge in [0, 0.05) is 12.8 Å². The molecule has 0 saturated carbocycles. The number of carboxylic acids is 1. The summed E-state index contributed by atoms with van der Waals surface area (Å²) >= 11 is 0. The largest absolute Gasteiger partial charge is 0.481 e. The van der Waals surface area contributed by atoms with Gasteiger partial charge in [-0.3, -0.25) is 9.69 Å². The van der Waals surface area contributed by atoms with Crippen molar-refractivity contribution in [2.24, 2.45) is 0 Å². The lowest BCUT2D eigenvalue weighted by Gasteiger charge is -2.38. The summed E-state index contributed by atoms with van der Waals surface area (Å²) < 4.78 is 11.3. The third kappa shape index (κ3) is 2.93. The highest BCUT2D eigenvalue weighted by Gasteiger charge is 2.40. The number of ether oxygens (including phenoxy) is 2. The predicted molar refractivity (Wildman–Crippen MR) is 57.2 cm³/mol. The Kier molecular flexibility index (Phi) is 3.78. The highest BCUT2D eigenvalue weighted by molar-refractivity contribution is 5.66. The van der Waals surface area contributed by atoms with Crippen molar-refractivity contribution in [1.82, 2.24) is 4.90 Å². The van der Waals surface area contributed by atoms with Crippen LogP contribution in [0.3, 0.4) is 0 Å². The average molecular weight is 229 g/mol. The van der Waals surface area contributed by atoms with Gasteiger partial charge in [0.1, 0.15) is 0 Å². The molecule has 0 unspecified atom stereocenters. The summed E-state index contributed by atoms with van der Waals surface area (Å²) in [6.07, 6.45) is 2.96. The number of piperidine rings is 1. The van der Waals surface area contributed by atoms with Crippen molar-refractivity contribution < 1.29 is 19.4 Å². The number of aliphatic carboxylic acids is 1. The molecule has 2 aliphatic rings. The third-order valence-electron chi connectivity index (χ3n) is 3.18. The van der Waals surface area contributed by atoms with Crippen LogP contribution >= 0.6 is 0 Å². The summed E-state index contributed by atoms with van der Waals surface area (Å²) in [7, 11) is 0. The van der Waals surface area contributed by atoms with Crippen LogP contribution in [0.15, 0.2) is 0 Å². The second-order valence-corrected chi connectivity index (χ2v) is 4.48. The monoisotopic (exact) mass is 229 g/mol. The molecule has 2 rings (SSSR count). The van der Waals surface area contributed by atoms with Gasteiger partial charge in [0.25, 0.3) is 0 Å². The van der Waals surface area contributed by atoms with E-state index in [4.69, 9.17) is 14.6 Å². The molecule has 2 heterocycles. The first-order chi connectivity index (χ1) is 7.70. The molecule has 5 nitrogen and oxygen atoms in total. The van der Waals surface area contributed by atoms with E-state index in [-0.39, 0.29) is 12.2 Å². The molecule has 92 valence electrons. The minimum atomic E-state index is -0.722. The fourth-order valence-corrected chi connectivity index (χ4v) is 2.45. The molecule has 0 bridgehead atoms. The van der Waals surface area contributed by atoms with Crippen molar-refractivity contribution in [3.05, 3.63) is 0 Å². The zero-order valence-electron chi connectivity index (χ0n) is 9.48. The maximum atomic E-state index is 10.4. The molecule has 2 saturated heterocycles. The average Bonchev–Trinajstić information content (AvgIpc) is 2.66. The molecule has 0 aliphatic carbocycles. The molecule has 0 radical (unpaired) electrons. The second kappa shape index (κ2) is 5.12. The molecular weight excluding hydrogens is 210 g/mol. The zero-order chi connectivity index (χ0) is 11.4. The Morgan fingerprint density at radius 3 is 2.81 bits per heavy atom. The normalized spacial score (nSPS) is 25.0. The Bertz CT molecular complexity index is 250. The molecule has 1 N–H and O–H groups in total. The molecule has 0 aromatic carbocycles. The van der Waals surface area contributed by atoms with E-state index >= 15 is 0 Å². The van der Waals surface area contributed by atoms with Crippen LogP contribution in [0.2, 0.25) is 0 Å². The first-order valence-electron chi connectivity index (χ1n) is 5.92. The van der Waals surface area contributed by atoms with Gasteiger partial charge in [0.2, 0.25) is 0 Å². The Morgan fingerprint density at radius 1 is 1.38 bits per heavy atom. The van der Waals surface area contributed by atoms with Crippen molar-refractivity contribution in [3.8, 4) is 0 Å². The lowest BCUT2D eigenvalue weighted by atomic mass is 10.0. The number of carbonyl (C=O) groups is 1. The van der Waals surface area contributed by atoms with E-state index in [9.17, 15) is 4.79 Å². The first kappa shape index (κ1) is 11.8. The van der Waals surface area contributed by atoms with Gasteiger partial charge in [0.15, 0.2) is 5.79 Å². The summed E-state index contributed by atoms with van der Waals surface area (Å²) in [6.45, 7) is 3.99. The molecule has 0 aromatic heterocycles. The van der Waals surface area contributed by atoms with E-state index in [1.807, 2.05) is 0 Å². The van der Waals surface area contributed by atoms with Crippen molar-refractivity contribution in [2.45, 2.75) is 31.5 Å². The van der Waals surface area contributed by atoms with Gasteiger partial charge in [-0.25, -0.2) is 0 Å². The number of carboxylic acid groups (broad SMARTS) is 1. The molecule has 0 atom stereocenters. The van der Waals surface area contributed by atoms with E-state index < -0.39 is 5.97 Å². The lowest BCUT2D eigenvalue weighted by Crippen LogP contribution is -2.49. The van der Waals surface area contributed by atoms with Gasteiger partial charge in [-0.1, -0.05) is 0 Å². The third-order valence-corrected chi connectivity index (χ3v) is 3.18. The number of nitrogens with zero attached hydrogens (tertiary/aromatic N) is 1. The van der Waals surface area contributed by atoms with Crippen LogP contribution in [-0.2, 0) is 14.3 Å². The van der Waals surface area contributed by atoms with Crippen molar-refractivity contribution in [1.29, 1.82) is 0 Å². The summed E-state index contributed by atoms with van der Waals surface area (Å²) in [5, 5.41) is 8.58. The Labute approximate surface area is 95.3 Å². The van der Waals surface area contributed by atoms with Crippen LogP contribution < -0.4 is 0 Å². The number of rotatable bonds is 4. The van der Waals surface area contributed by atoms with E-state index in [2.05, 4.69) is 4.90 Å². The van der Waals surface area contributed by atoms with E-state index in [0.717, 1.165) is 32.5 Å². The molecular formula is C11H19NO4. The van der Waals surface area contributed by atoms with Gasteiger partial charge in [0.05, 0.1) is 19.8 Å². The van der Waals surface area contributed by atoms with Crippen LogP contribution in [0.5, 0.6) is 0 Å². The first-order valence-corrected chi connectivity index (χ1v) is 5.92. The minimum absolute atomic E-state index is 0.241. The maximum Gasteiger partial charge on any atom is 0.303 e. The Hall–Kier alpha value is -0.650. The minimum Gasteiger partial charge on any atom is -0.481 e. The molecule has 2 aliphatic heterocycles. The van der Waals surface area contributed by atoms with Crippen LogP contribution in [0.25, 0.3) is 0 Å². The van der Waals surface area contributed by atoms with Crippen molar-refractivity contribution in [2.75, 3.05) is 32.8 Å². The Balaban J connectivity index is 1.76. The molecule has 5 heteroatoms. The number of hydrogen-bond acceptors (Lipinski definition) is 4. The van der Waals surface area contributed by atoms with E-state index in [0.29, 0.717) is 19.6 Å². The van der Waals surface area contributed by atoms with E-state index in [1.54, 1.807) is 0 Å². The molecule has 1 spiro atoms. The standard InChI is InChI=1S/C11H19NO4/c13-10(14)3-1-5-12-6-2-4-11(9-12)15-7-8-16-11/h1-9H2,(H,13,14). The zero-order valence-corrected chi connectivity index (χ0v) is 9.48. The molecule has 16 heavy (non-hydrogen) atoms. The van der Waals surface area contributed by atoms with Gasteiger partial charge in [-0.2, -0.15) is 0 Å². The second-order valence-electron chi connectivity index (χ2n) is 4.48. The molecule has 2 fully saturated rings. The summed E-state index contributed by atoms with van der Waals surface area (Å²) in [6, 6.07) is 0. The van der Waals surface area contributed by atoms with Gasteiger partial charge in [-0.05, 0) is 25.9 Å². The maximum absolute atomic E-state index is 10.4. The van der Waals surface area contributed by atoms with Gasteiger partial charge in [-0.15, -0.1) is 0 Å². The van der Waals surface area contributed by atoms with Gasteiger partial charge >= 0.3 is 5.97 Å². The van der Waals surface area contributed by atoms with Crippen molar-refractivity contribution >= 4 is 5.97 Å². The molecule has 0 amide bonds. The summed E-state index contributed by atoms with van der Waals surface area (Å²) in [4.78, 5) is 12.7. The smallest absolute Gasteiger partial charge is 0.303 e.